The molecule has 0 aromatic heterocycles. The van der Waals surface area contributed by atoms with Crippen LogP contribution in [0.4, 0.5) is 4.39 Å². The Balaban J connectivity index is 2.04. The van der Waals surface area contributed by atoms with E-state index in [-0.39, 0.29) is 17.2 Å². The molecule has 0 N–H and O–H groups in total. The lowest BCUT2D eigenvalue weighted by molar-refractivity contribution is 0.0178. The van der Waals surface area contributed by atoms with Gasteiger partial charge in [-0.1, -0.05) is 6.92 Å². The summed E-state index contributed by atoms with van der Waals surface area (Å²) in [6.45, 7) is 2.13. The Bertz CT molecular complexity index is 483. The van der Waals surface area contributed by atoms with Crippen molar-refractivity contribution in [1.29, 1.82) is 0 Å². The molecule has 1 aliphatic carbocycles. The van der Waals surface area contributed by atoms with Gasteiger partial charge in [0.1, 0.15) is 17.2 Å². The van der Waals surface area contributed by atoms with Crippen LogP contribution in [0, 0.1) is 11.7 Å². The number of rotatable bonds is 0. The zero-order valence-electron chi connectivity index (χ0n) is 9.83. The Labute approximate surface area is 99.8 Å². The summed E-state index contributed by atoms with van der Waals surface area (Å²) < 4.78 is 19.1. The number of benzene rings is 1. The van der Waals surface area contributed by atoms with Crippen LogP contribution < -0.4 is 4.74 Å². The Kier molecular flexibility index (Phi) is 2.25. The van der Waals surface area contributed by atoms with Gasteiger partial charge in [-0.15, -0.1) is 0 Å². The summed E-state index contributed by atoms with van der Waals surface area (Å²) in [6.07, 6.45) is 3.52. The van der Waals surface area contributed by atoms with Crippen molar-refractivity contribution in [3.8, 4) is 5.75 Å². The quantitative estimate of drug-likeness (QED) is 0.688. The summed E-state index contributed by atoms with van der Waals surface area (Å²) in [5.74, 6) is 0.580. The third-order valence-corrected chi connectivity index (χ3v) is 4.15. The van der Waals surface area contributed by atoms with Crippen LogP contribution in [0.15, 0.2) is 18.2 Å². The molecule has 0 saturated heterocycles. The van der Waals surface area contributed by atoms with E-state index in [1.165, 1.54) is 12.1 Å². The summed E-state index contributed by atoms with van der Waals surface area (Å²) >= 11 is 0. The Hall–Kier alpha value is -1.38. The first-order valence-electron chi connectivity index (χ1n) is 6.12. The smallest absolute Gasteiger partial charge is 0.170 e. The molecule has 2 atom stereocenters. The number of hydrogen-bond acceptors (Lipinski definition) is 2. The molecule has 1 aromatic rings. The van der Waals surface area contributed by atoms with Gasteiger partial charge in [0.05, 0.1) is 12.0 Å². The number of fused-ring (bicyclic) bond motifs is 1. The van der Waals surface area contributed by atoms with Crippen LogP contribution in [0.5, 0.6) is 5.75 Å². The second kappa shape index (κ2) is 3.56. The van der Waals surface area contributed by atoms with Crippen LogP contribution in [-0.4, -0.2) is 11.4 Å². The number of Topliss-reactive ketones (excluding diaryl/α,β-unsaturated/α-hetero) is 1. The number of ether oxygens (including phenoxy) is 1. The Morgan fingerprint density at radius 1 is 1.47 bits per heavy atom. The lowest BCUT2D eigenvalue weighted by Crippen LogP contribution is -2.44. The SMILES string of the molecule is CC1CCCC12CC(=O)c1cc(F)ccc1O2. The van der Waals surface area contributed by atoms with Crippen LogP contribution in [0.2, 0.25) is 0 Å². The number of carbonyl (C=O) groups is 1. The largest absolute Gasteiger partial charge is 0.486 e. The average molecular weight is 234 g/mol. The molecule has 1 spiro atoms. The van der Waals surface area contributed by atoms with E-state index in [1.54, 1.807) is 6.07 Å². The molecule has 2 aliphatic rings. The fourth-order valence-corrected chi connectivity index (χ4v) is 3.06. The van der Waals surface area contributed by atoms with E-state index < -0.39 is 0 Å². The molecule has 3 rings (SSSR count). The monoisotopic (exact) mass is 234 g/mol. The van der Waals surface area contributed by atoms with Gasteiger partial charge in [0, 0.05) is 0 Å². The molecule has 1 aliphatic heterocycles. The second-order valence-corrected chi connectivity index (χ2v) is 5.20. The highest BCUT2D eigenvalue weighted by Crippen LogP contribution is 2.46. The molecule has 0 amide bonds. The third-order valence-electron chi connectivity index (χ3n) is 4.15. The molecule has 1 fully saturated rings. The maximum atomic E-state index is 13.1. The van der Waals surface area contributed by atoms with Crippen molar-refractivity contribution >= 4 is 5.78 Å². The highest BCUT2D eigenvalue weighted by atomic mass is 19.1. The first-order chi connectivity index (χ1) is 8.11. The van der Waals surface area contributed by atoms with E-state index in [9.17, 15) is 9.18 Å². The number of ketones is 1. The summed E-state index contributed by atoms with van der Waals surface area (Å²) in [6, 6.07) is 4.21. The minimum Gasteiger partial charge on any atom is -0.486 e. The molecule has 3 heteroatoms. The van der Waals surface area contributed by atoms with Crippen molar-refractivity contribution in [2.45, 2.75) is 38.2 Å². The van der Waals surface area contributed by atoms with Crippen LogP contribution >= 0.6 is 0 Å². The van der Waals surface area contributed by atoms with E-state index in [4.69, 9.17) is 4.74 Å². The van der Waals surface area contributed by atoms with Crippen molar-refractivity contribution in [2.24, 2.45) is 5.92 Å². The molecule has 2 nitrogen and oxygen atoms in total. The van der Waals surface area contributed by atoms with Gasteiger partial charge in [-0.05, 0) is 43.4 Å². The summed E-state index contributed by atoms with van der Waals surface area (Å²) in [5.41, 5.74) is 0.0665. The zero-order valence-corrected chi connectivity index (χ0v) is 9.83. The second-order valence-electron chi connectivity index (χ2n) is 5.20. The average Bonchev–Trinajstić information content (AvgIpc) is 2.62. The molecule has 1 heterocycles. The molecule has 2 unspecified atom stereocenters. The van der Waals surface area contributed by atoms with Gasteiger partial charge in [-0.2, -0.15) is 0 Å². The van der Waals surface area contributed by atoms with Crippen LogP contribution in [0.3, 0.4) is 0 Å². The van der Waals surface area contributed by atoms with Crippen LogP contribution in [-0.2, 0) is 0 Å². The van der Waals surface area contributed by atoms with E-state index in [0.29, 0.717) is 23.7 Å². The lowest BCUT2D eigenvalue weighted by atomic mass is 9.83. The maximum absolute atomic E-state index is 13.1. The summed E-state index contributed by atoms with van der Waals surface area (Å²) in [7, 11) is 0. The van der Waals surface area contributed by atoms with Crippen LogP contribution in [0.1, 0.15) is 43.0 Å². The fraction of sp³-hybridized carbons (Fsp3) is 0.500. The van der Waals surface area contributed by atoms with Gasteiger partial charge < -0.3 is 4.74 Å². The molecule has 0 bridgehead atoms. The van der Waals surface area contributed by atoms with Gasteiger partial charge in [-0.25, -0.2) is 4.39 Å². The third kappa shape index (κ3) is 1.56. The maximum Gasteiger partial charge on any atom is 0.170 e. The zero-order chi connectivity index (χ0) is 12.0. The van der Waals surface area contributed by atoms with E-state index >= 15 is 0 Å². The number of carbonyl (C=O) groups excluding carboxylic acids is 1. The molecule has 90 valence electrons. The van der Waals surface area contributed by atoms with Gasteiger partial charge in [0.2, 0.25) is 0 Å². The summed E-state index contributed by atoms with van der Waals surface area (Å²) in [4.78, 5) is 12.1. The van der Waals surface area contributed by atoms with Crippen molar-refractivity contribution in [2.75, 3.05) is 0 Å². The van der Waals surface area contributed by atoms with Crippen molar-refractivity contribution in [3.05, 3.63) is 29.6 Å². The van der Waals surface area contributed by atoms with Gasteiger partial charge in [0.25, 0.3) is 0 Å². The standard InChI is InChI=1S/C14H15FO2/c1-9-3-2-6-14(9)8-12(16)11-7-10(15)4-5-13(11)17-14/h4-5,7,9H,2-3,6,8H2,1H3. The number of halogens is 1. The molecule has 17 heavy (non-hydrogen) atoms. The van der Waals surface area contributed by atoms with E-state index in [2.05, 4.69) is 6.92 Å². The van der Waals surface area contributed by atoms with E-state index in [1.807, 2.05) is 0 Å². The fourth-order valence-electron chi connectivity index (χ4n) is 3.06. The predicted molar refractivity (Wildman–Crippen MR) is 61.7 cm³/mol. The highest BCUT2D eigenvalue weighted by Gasteiger charge is 2.47. The van der Waals surface area contributed by atoms with Crippen LogP contribution in [0.25, 0.3) is 0 Å². The highest BCUT2D eigenvalue weighted by molar-refractivity contribution is 6.00. The Morgan fingerprint density at radius 3 is 3.00 bits per heavy atom. The first-order valence-corrected chi connectivity index (χ1v) is 6.12. The molecule has 1 aromatic carbocycles. The van der Waals surface area contributed by atoms with Crippen molar-refractivity contribution < 1.29 is 13.9 Å². The molecule has 1 saturated carbocycles. The van der Waals surface area contributed by atoms with Gasteiger partial charge >= 0.3 is 0 Å². The summed E-state index contributed by atoms with van der Waals surface area (Å²) in [5, 5.41) is 0. The minimum absolute atomic E-state index is 0.0134. The van der Waals surface area contributed by atoms with Gasteiger partial charge in [0.15, 0.2) is 5.78 Å². The normalized spacial score (nSPS) is 31.4. The topological polar surface area (TPSA) is 26.3 Å². The molecule has 0 radical (unpaired) electrons. The predicted octanol–water partition coefficient (Wildman–Crippen LogP) is 3.35. The lowest BCUT2D eigenvalue weighted by Gasteiger charge is -2.38. The van der Waals surface area contributed by atoms with Gasteiger partial charge in [-0.3, -0.25) is 4.79 Å². The number of hydrogen-bond donors (Lipinski definition) is 0. The first kappa shape index (κ1) is 10.8. The van der Waals surface area contributed by atoms with Crippen molar-refractivity contribution in [3.63, 3.8) is 0 Å². The minimum atomic E-state index is -0.379. The van der Waals surface area contributed by atoms with E-state index in [0.717, 1.165) is 19.3 Å². The molecular weight excluding hydrogens is 219 g/mol. The van der Waals surface area contributed by atoms with Crippen molar-refractivity contribution in [1.82, 2.24) is 0 Å². The molecular formula is C14H15FO2. The Morgan fingerprint density at radius 2 is 2.29 bits per heavy atom.